The number of hydrogen-bond donors (Lipinski definition) is 1. The van der Waals surface area contributed by atoms with Crippen molar-refractivity contribution in [3.05, 3.63) is 52.8 Å². The second-order valence-corrected chi connectivity index (χ2v) is 7.66. The molecule has 27 heavy (non-hydrogen) atoms. The Kier molecular flexibility index (Phi) is 5.55. The van der Waals surface area contributed by atoms with E-state index >= 15 is 0 Å². The predicted molar refractivity (Wildman–Crippen MR) is 102 cm³/mol. The molecule has 1 aliphatic rings. The maximum atomic E-state index is 12.5. The van der Waals surface area contributed by atoms with Gasteiger partial charge in [0.1, 0.15) is 0 Å². The average molecular weight is 383 g/mol. The fraction of sp³-hybridized carbons (Fsp3) is 0.368. The summed E-state index contributed by atoms with van der Waals surface area (Å²) in [5.74, 6) is 1.22. The Morgan fingerprint density at radius 2 is 2.33 bits per heavy atom. The molecule has 7 nitrogen and oxygen atoms in total. The number of nitrogens with one attached hydrogen (secondary N) is 1. The van der Waals surface area contributed by atoms with Crippen molar-refractivity contribution in [1.29, 1.82) is 0 Å². The van der Waals surface area contributed by atoms with E-state index in [1.165, 1.54) is 4.88 Å². The summed E-state index contributed by atoms with van der Waals surface area (Å²) in [4.78, 5) is 24.4. The zero-order valence-corrected chi connectivity index (χ0v) is 15.7. The molecule has 3 aromatic rings. The zero-order chi connectivity index (χ0) is 18.5. The van der Waals surface area contributed by atoms with Crippen molar-refractivity contribution in [3.63, 3.8) is 0 Å². The number of aromatic nitrogens is 3. The average Bonchev–Trinajstić information content (AvgIpc) is 3.39. The van der Waals surface area contributed by atoms with Gasteiger partial charge in [-0.1, -0.05) is 11.2 Å². The summed E-state index contributed by atoms with van der Waals surface area (Å²) in [7, 11) is 0. The predicted octanol–water partition coefficient (Wildman–Crippen LogP) is 2.72. The first kappa shape index (κ1) is 17.8. The molecule has 1 aliphatic heterocycles. The first-order chi connectivity index (χ1) is 13.3. The smallest absolute Gasteiger partial charge is 0.241 e. The maximum Gasteiger partial charge on any atom is 0.241 e. The molecule has 0 saturated carbocycles. The van der Waals surface area contributed by atoms with Gasteiger partial charge in [-0.15, -0.1) is 11.3 Å². The van der Waals surface area contributed by atoms with Crippen LogP contribution in [0.1, 0.15) is 23.6 Å². The highest BCUT2D eigenvalue weighted by Gasteiger charge is 2.26. The van der Waals surface area contributed by atoms with Gasteiger partial charge >= 0.3 is 0 Å². The standard InChI is InChI=1S/C19H21N5O2S/c25-19(21-11-16-6-3-9-27-16)15-5-2-8-24(12-15)13-17-22-18(23-26-17)14-4-1-7-20-10-14/h1,3-4,6-7,9-10,15H,2,5,8,11-13H2,(H,21,25)/t15-/m0/s1. The van der Waals surface area contributed by atoms with Crippen LogP contribution in [-0.4, -0.2) is 39.0 Å². The number of hydrogen-bond acceptors (Lipinski definition) is 7. The molecule has 4 heterocycles. The highest BCUT2D eigenvalue weighted by molar-refractivity contribution is 7.09. The van der Waals surface area contributed by atoms with E-state index in [1.54, 1.807) is 23.7 Å². The minimum atomic E-state index is -0.000530. The Bertz CT molecular complexity index is 865. The highest BCUT2D eigenvalue weighted by atomic mass is 32.1. The summed E-state index contributed by atoms with van der Waals surface area (Å²) in [5.41, 5.74) is 0.831. The molecule has 0 aliphatic carbocycles. The summed E-state index contributed by atoms with van der Waals surface area (Å²) in [6.07, 6.45) is 5.32. The van der Waals surface area contributed by atoms with Gasteiger partial charge in [0.25, 0.3) is 0 Å². The molecule has 1 fully saturated rings. The minimum Gasteiger partial charge on any atom is -0.351 e. The first-order valence-electron chi connectivity index (χ1n) is 9.03. The quantitative estimate of drug-likeness (QED) is 0.705. The van der Waals surface area contributed by atoms with Crippen molar-refractivity contribution in [2.75, 3.05) is 13.1 Å². The monoisotopic (exact) mass is 383 g/mol. The van der Waals surface area contributed by atoms with Gasteiger partial charge in [0.2, 0.25) is 17.6 Å². The lowest BCUT2D eigenvalue weighted by molar-refractivity contribution is -0.127. The second-order valence-electron chi connectivity index (χ2n) is 6.62. The molecule has 3 aromatic heterocycles. The number of carbonyl (C=O) groups is 1. The van der Waals surface area contributed by atoms with Crippen LogP contribution in [-0.2, 0) is 17.9 Å². The normalized spacial score (nSPS) is 17.7. The third kappa shape index (κ3) is 4.58. The third-order valence-electron chi connectivity index (χ3n) is 4.64. The number of nitrogens with zero attached hydrogens (tertiary/aromatic N) is 4. The first-order valence-corrected chi connectivity index (χ1v) is 9.91. The summed E-state index contributed by atoms with van der Waals surface area (Å²) in [5, 5.41) is 9.11. The number of pyridine rings is 1. The maximum absolute atomic E-state index is 12.5. The molecule has 1 amide bonds. The lowest BCUT2D eigenvalue weighted by Crippen LogP contribution is -2.42. The third-order valence-corrected chi connectivity index (χ3v) is 5.52. The molecule has 4 rings (SSSR count). The van der Waals surface area contributed by atoms with Crippen LogP contribution in [0.5, 0.6) is 0 Å². The molecule has 1 atom stereocenters. The number of amides is 1. The molecule has 0 unspecified atom stereocenters. The molecule has 8 heteroatoms. The SMILES string of the molecule is O=C(NCc1cccs1)[C@H]1CCCN(Cc2nc(-c3cccnc3)no2)C1. The van der Waals surface area contributed by atoms with Crippen molar-refractivity contribution in [2.45, 2.75) is 25.9 Å². The van der Waals surface area contributed by atoms with Crippen LogP contribution in [0.15, 0.2) is 46.6 Å². The van der Waals surface area contributed by atoms with Crippen molar-refractivity contribution in [1.82, 2.24) is 25.3 Å². The Hall–Kier alpha value is -2.58. The molecule has 1 N–H and O–H groups in total. The van der Waals surface area contributed by atoms with Crippen molar-refractivity contribution >= 4 is 17.2 Å². The zero-order valence-electron chi connectivity index (χ0n) is 14.9. The molecule has 0 bridgehead atoms. The Morgan fingerprint density at radius 3 is 3.15 bits per heavy atom. The fourth-order valence-electron chi connectivity index (χ4n) is 3.27. The van der Waals surface area contributed by atoms with Crippen molar-refractivity contribution in [2.24, 2.45) is 5.92 Å². The number of thiophene rings is 1. The Balaban J connectivity index is 1.32. The Morgan fingerprint density at radius 1 is 1.37 bits per heavy atom. The highest BCUT2D eigenvalue weighted by Crippen LogP contribution is 2.20. The van der Waals surface area contributed by atoms with Gasteiger partial charge < -0.3 is 9.84 Å². The van der Waals surface area contributed by atoms with Crippen molar-refractivity contribution < 1.29 is 9.32 Å². The van der Waals surface area contributed by atoms with E-state index in [2.05, 4.69) is 25.3 Å². The minimum absolute atomic E-state index is 0.000530. The summed E-state index contributed by atoms with van der Waals surface area (Å²) in [6, 6.07) is 7.78. The molecular formula is C19H21N5O2S. The van der Waals surface area contributed by atoms with Crippen LogP contribution in [0, 0.1) is 5.92 Å². The van der Waals surface area contributed by atoms with Gasteiger partial charge in [0, 0.05) is 29.4 Å². The largest absolute Gasteiger partial charge is 0.351 e. The van der Waals surface area contributed by atoms with Crippen LogP contribution < -0.4 is 5.32 Å². The summed E-state index contributed by atoms with van der Waals surface area (Å²) in [6.45, 7) is 2.80. The van der Waals surface area contributed by atoms with E-state index in [1.807, 2.05) is 29.6 Å². The molecule has 1 saturated heterocycles. The second kappa shape index (κ2) is 8.41. The number of carbonyl (C=O) groups excluding carboxylic acids is 1. The topological polar surface area (TPSA) is 84.2 Å². The van der Waals surface area contributed by atoms with Gasteiger partial charge in [0.05, 0.1) is 19.0 Å². The number of rotatable bonds is 6. The van der Waals surface area contributed by atoms with E-state index in [9.17, 15) is 4.79 Å². The van der Waals surface area contributed by atoms with E-state index < -0.39 is 0 Å². The number of likely N-dealkylation sites (tertiary alicyclic amines) is 1. The summed E-state index contributed by atoms with van der Waals surface area (Å²) < 4.78 is 5.38. The van der Waals surface area contributed by atoms with Gasteiger partial charge in [-0.2, -0.15) is 4.98 Å². The van der Waals surface area contributed by atoms with Crippen molar-refractivity contribution in [3.8, 4) is 11.4 Å². The molecule has 0 spiro atoms. The van der Waals surface area contributed by atoms with Crippen LogP contribution in [0.3, 0.4) is 0 Å². The molecule has 0 aromatic carbocycles. The summed E-state index contributed by atoms with van der Waals surface area (Å²) >= 11 is 1.66. The van der Waals surface area contributed by atoms with Crippen LogP contribution in [0.25, 0.3) is 11.4 Å². The van der Waals surface area contributed by atoms with Crippen LogP contribution in [0.4, 0.5) is 0 Å². The van der Waals surface area contributed by atoms with Gasteiger partial charge in [-0.05, 0) is 43.0 Å². The van der Waals surface area contributed by atoms with Gasteiger partial charge in [0.15, 0.2) is 0 Å². The lowest BCUT2D eigenvalue weighted by Gasteiger charge is -2.30. The van der Waals surface area contributed by atoms with Crippen LogP contribution in [0.2, 0.25) is 0 Å². The lowest BCUT2D eigenvalue weighted by atomic mass is 9.97. The fourth-order valence-corrected chi connectivity index (χ4v) is 3.91. The van der Waals surface area contributed by atoms with E-state index in [-0.39, 0.29) is 11.8 Å². The van der Waals surface area contributed by atoms with Crippen LogP contribution >= 0.6 is 11.3 Å². The van der Waals surface area contributed by atoms with Gasteiger partial charge in [-0.25, -0.2) is 0 Å². The molecular weight excluding hydrogens is 362 g/mol. The number of piperidine rings is 1. The molecule has 140 valence electrons. The van der Waals surface area contributed by atoms with E-state index in [0.717, 1.165) is 24.9 Å². The van der Waals surface area contributed by atoms with E-state index in [4.69, 9.17) is 4.52 Å². The van der Waals surface area contributed by atoms with E-state index in [0.29, 0.717) is 31.3 Å². The Labute approximate surface area is 161 Å². The van der Waals surface area contributed by atoms with Gasteiger partial charge in [-0.3, -0.25) is 14.7 Å². The molecule has 0 radical (unpaired) electrons.